The highest BCUT2D eigenvalue weighted by Crippen LogP contribution is 2.24. The van der Waals surface area contributed by atoms with Crippen molar-refractivity contribution in [3.05, 3.63) is 71.4 Å². The Kier molecular flexibility index (Phi) is 4.49. The van der Waals surface area contributed by atoms with E-state index in [1.165, 1.54) is 0 Å². The molecule has 0 atom stereocenters. The highest BCUT2D eigenvalue weighted by atomic mass is 16.5. The van der Waals surface area contributed by atoms with Crippen molar-refractivity contribution in [2.75, 3.05) is 11.9 Å². The Labute approximate surface area is 155 Å². The van der Waals surface area contributed by atoms with E-state index in [2.05, 4.69) is 25.3 Å². The lowest BCUT2D eigenvalue weighted by atomic mass is 10.1. The van der Waals surface area contributed by atoms with Crippen LogP contribution in [0.2, 0.25) is 0 Å². The molecule has 0 saturated heterocycles. The second-order valence-electron chi connectivity index (χ2n) is 5.80. The molecule has 2 N–H and O–H groups in total. The number of pyridine rings is 2. The van der Waals surface area contributed by atoms with Gasteiger partial charge in [-0.15, -0.1) is 0 Å². The molecule has 0 fully saturated rings. The lowest BCUT2D eigenvalue weighted by Gasteiger charge is -2.09. The van der Waals surface area contributed by atoms with E-state index in [0.717, 1.165) is 22.6 Å². The molecule has 7 heteroatoms. The van der Waals surface area contributed by atoms with Gasteiger partial charge in [-0.1, -0.05) is 6.07 Å². The molecule has 27 heavy (non-hydrogen) atoms. The van der Waals surface area contributed by atoms with Crippen molar-refractivity contribution in [1.29, 1.82) is 0 Å². The van der Waals surface area contributed by atoms with E-state index >= 15 is 0 Å². The molecule has 0 aliphatic carbocycles. The van der Waals surface area contributed by atoms with E-state index < -0.39 is 0 Å². The molecule has 134 valence electrons. The molecule has 4 aromatic rings. The zero-order valence-corrected chi connectivity index (χ0v) is 14.6. The van der Waals surface area contributed by atoms with Crippen molar-refractivity contribution in [1.82, 2.24) is 19.9 Å². The first-order valence-electron chi connectivity index (χ1n) is 8.54. The third-order valence-electron chi connectivity index (χ3n) is 4.01. The summed E-state index contributed by atoms with van der Waals surface area (Å²) in [4.78, 5) is 28.3. The summed E-state index contributed by atoms with van der Waals surface area (Å²) in [5.41, 5.74) is 2.47. The minimum absolute atomic E-state index is 0.264. The average molecular weight is 359 g/mol. The molecule has 0 aliphatic rings. The number of aromatic amines is 1. The summed E-state index contributed by atoms with van der Waals surface area (Å²) >= 11 is 0. The van der Waals surface area contributed by atoms with Crippen LogP contribution >= 0.6 is 0 Å². The minimum atomic E-state index is -0.264. The molecular formula is C20H17N5O2. The quantitative estimate of drug-likeness (QED) is 0.566. The van der Waals surface area contributed by atoms with Gasteiger partial charge in [0.1, 0.15) is 5.75 Å². The number of hydrogen-bond donors (Lipinski definition) is 2. The van der Waals surface area contributed by atoms with Crippen LogP contribution in [0.5, 0.6) is 5.75 Å². The number of nitrogens with zero attached hydrogens (tertiary/aromatic N) is 3. The van der Waals surface area contributed by atoms with Crippen LogP contribution in [0.25, 0.3) is 22.2 Å². The van der Waals surface area contributed by atoms with Crippen LogP contribution in [0, 0.1) is 0 Å². The van der Waals surface area contributed by atoms with Crippen LogP contribution in [0.3, 0.4) is 0 Å². The number of benzene rings is 1. The number of nitrogens with one attached hydrogen (secondary N) is 2. The van der Waals surface area contributed by atoms with Crippen LogP contribution in [-0.2, 0) is 0 Å². The Morgan fingerprint density at radius 3 is 2.70 bits per heavy atom. The van der Waals surface area contributed by atoms with E-state index in [9.17, 15) is 4.79 Å². The number of rotatable bonds is 5. The molecule has 1 aromatic carbocycles. The zero-order chi connectivity index (χ0) is 18.6. The fourth-order valence-electron chi connectivity index (χ4n) is 2.82. The monoisotopic (exact) mass is 359 g/mol. The average Bonchev–Trinajstić information content (AvgIpc) is 2.70. The maximum absolute atomic E-state index is 12.7. The summed E-state index contributed by atoms with van der Waals surface area (Å²) in [5, 5.41) is 3.52. The van der Waals surface area contributed by atoms with E-state index in [0.29, 0.717) is 23.6 Å². The topological polar surface area (TPSA) is 92.8 Å². The van der Waals surface area contributed by atoms with Crippen molar-refractivity contribution in [2.45, 2.75) is 6.92 Å². The maximum atomic E-state index is 12.7. The largest absolute Gasteiger partial charge is 0.494 e. The molecule has 0 spiro atoms. The number of hydrogen-bond acceptors (Lipinski definition) is 6. The number of anilines is 2. The summed E-state index contributed by atoms with van der Waals surface area (Å²) in [7, 11) is 0. The predicted octanol–water partition coefficient (Wildman–Crippen LogP) is 3.52. The van der Waals surface area contributed by atoms with Gasteiger partial charge in [0.05, 0.1) is 12.0 Å². The number of ether oxygens (including phenoxy) is 1. The van der Waals surface area contributed by atoms with Gasteiger partial charge in [0.25, 0.3) is 5.56 Å². The molecule has 3 aromatic heterocycles. The molecule has 0 bridgehead atoms. The van der Waals surface area contributed by atoms with Crippen LogP contribution in [0.4, 0.5) is 11.6 Å². The fourth-order valence-corrected chi connectivity index (χ4v) is 2.82. The van der Waals surface area contributed by atoms with E-state index in [4.69, 9.17) is 4.74 Å². The van der Waals surface area contributed by atoms with Crippen LogP contribution in [0.15, 0.2) is 65.8 Å². The van der Waals surface area contributed by atoms with Gasteiger partial charge in [0.15, 0.2) is 5.65 Å². The van der Waals surface area contributed by atoms with Gasteiger partial charge in [0, 0.05) is 35.4 Å². The van der Waals surface area contributed by atoms with Crippen LogP contribution in [0.1, 0.15) is 6.92 Å². The smallest absolute Gasteiger partial charge is 0.262 e. The van der Waals surface area contributed by atoms with Crippen LogP contribution < -0.4 is 15.6 Å². The first-order chi connectivity index (χ1) is 13.2. The third-order valence-corrected chi connectivity index (χ3v) is 4.01. The second-order valence-corrected chi connectivity index (χ2v) is 5.80. The molecule has 7 nitrogen and oxygen atoms in total. The number of aromatic nitrogens is 4. The van der Waals surface area contributed by atoms with Gasteiger partial charge in [-0.25, -0.2) is 4.98 Å². The van der Waals surface area contributed by atoms with E-state index in [1.54, 1.807) is 24.7 Å². The molecular weight excluding hydrogens is 342 g/mol. The molecule has 0 amide bonds. The molecule has 0 unspecified atom stereocenters. The molecule has 0 radical (unpaired) electrons. The van der Waals surface area contributed by atoms with Crippen molar-refractivity contribution in [3.63, 3.8) is 0 Å². The lowest BCUT2D eigenvalue weighted by molar-refractivity contribution is 0.340. The first kappa shape index (κ1) is 16.7. The van der Waals surface area contributed by atoms with Gasteiger partial charge >= 0.3 is 0 Å². The van der Waals surface area contributed by atoms with Gasteiger partial charge in [-0.05, 0) is 43.3 Å². The van der Waals surface area contributed by atoms with Crippen molar-refractivity contribution in [2.24, 2.45) is 0 Å². The predicted molar refractivity (Wildman–Crippen MR) is 104 cm³/mol. The van der Waals surface area contributed by atoms with Crippen molar-refractivity contribution >= 4 is 22.7 Å². The van der Waals surface area contributed by atoms with Crippen LogP contribution in [-0.4, -0.2) is 26.5 Å². The Bertz CT molecular complexity index is 1120. The normalized spacial score (nSPS) is 10.7. The highest BCUT2D eigenvalue weighted by molar-refractivity contribution is 5.91. The number of H-pyrrole nitrogens is 1. The lowest BCUT2D eigenvalue weighted by Crippen LogP contribution is -2.13. The first-order valence-corrected chi connectivity index (χ1v) is 8.54. The SMILES string of the molecule is CCOc1ccc(Nc2nc3nccc(-c4cccnc4)c3c(=O)[nH]2)cc1. The second kappa shape index (κ2) is 7.25. The van der Waals surface area contributed by atoms with E-state index in [-0.39, 0.29) is 5.56 Å². The molecule has 0 aliphatic heterocycles. The Morgan fingerprint density at radius 2 is 1.96 bits per heavy atom. The Morgan fingerprint density at radius 1 is 1.11 bits per heavy atom. The van der Waals surface area contributed by atoms with Gasteiger partial charge in [0.2, 0.25) is 5.95 Å². The van der Waals surface area contributed by atoms with Crippen molar-refractivity contribution in [3.8, 4) is 16.9 Å². The Hall–Kier alpha value is -3.74. The number of fused-ring (bicyclic) bond motifs is 1. The summed E-state index contributed by atoms with van der Waals surface area (Å²) < 4.78 is 5.43. The molecule has 4 rings (SSSR count). The standard InChI is InChI=1S/C20H17N5O2/c1-2-27-15-7-5-14(6-8-15)23-20-24-18-17(19(26)25-20)16(9-11-22-18)13-4-3-10-21-12-13/h3-12H,2H2,1H3,(H2,22,23,24,25,26). The van der Waals surface area contributed by atoms with E-state index in [1.807, 2.05) is 43.3 Å². The van der Waals surface area contributed by atoms with Gasteiger partial charge in [-0.2, -0.15) is 4.98 Å². The zero-order valence-electron chi connectivity index (χ0n) is 14.6. The summed E-state index contributed by atoms with van der Waals surface area (Å²) in [6, 6.07) is 12.9. The summed E-state index contributed by atoms with van der Waals surface area (Å²) in [6.45, 7) is 2.54. The maximum Gasteiger partial charge on any atom is 0.262 e. The fraction of sp³-hybridized carbons (Fsp3) is 0.100. The molecule has 0 saturated carbocycles. The third kappa shape index (κ3) is 3.48. The van der Waals surface area contributed by atoms with Gasteiger partial charge in [-0.3, -0.25) is 14.8 Å². The van der Waals surface area contributed by atoms with Crippen molar-refractivity contribution < 1.29 is 4.74 Å². The summed E-state index contributed by atoms with van der Waals surface area (Å²) in [5.74, 6) is 1.11. The minimum Gasteiger partial charge on any atom is -0.494 e. The Balaban J connectivity index is 1.71. The highest BCUT2D eigenvalue weighted by Gasteiger charge is 2.11. The molecule has 3 heterocycles. The summed E-state index contributed by atoms with van der Waals surface area (Å²) in [6.07, 6.45) is 5.03. The van der Waals surface area contributed by atoms with Gasteiger partial charge < -0.3 is 10.1 Å².